The molecular formula is C13H15Cl2NO2. The third-order valence-electron chi connectivity index (χ3n) is 2.15. The lowest BCUT2D eigenvalue weighted by atomic mass is 10.2. The summed E-state index contributed by atoms with van der Waals surface area (Å²) in [5, 5.41) is 0.775. The predicted octanol–water partition coefficient (Wildman–Crippen LogP) is 3.41. The Morgan fingerprint density at radius 3 is 2.39 bits per heavy atom. The first-order valence-corrected chi connectivity index (χ1v) is 6.16. The van der Waals surface area contributed by atoms with Crippen molar-refractivity contribution in [3.05, 3.63) is 40.5 Å². The lowest BCUT2D eigenvalue weighted by Gasteiger charge is -2.14. The van der Waals surface area contributed by atoms with Gasteiger partial charge in [-0.25, -0.2) is 0 Å². The fourth-order valence-corrected chi connectivity index (χ4v) is 1.67. The van der Waals surface area contributed by atoms with Gasteiger partial charge in [0.1, 0.15) is 0 Å². The molecule has 0 aliphatic heterocycles. The third kappa shape index (κ3) is 4.24. The first-order chi connectivity index (χ1) is 8.41. The topological polar surface area (TPSA) is 29.5 Å². The second kappa shape index (κ2) is 6.66. The van der Waals surface area contributed by atoms with Gasteiger partial charge in [0.25, 0.3) is 0 Å². The van der Waals surface area contributed by atoms with Crippen LogP contribution in [-0.4, -0.2) is 30.9 Å². The van der Waals surface area contributed by atoms with Gasteiger partial charge in [0.2, 0.25) is 0 Å². The number of para-hydroxylation sites is 1. The van der Waals surface area contributed by atoms with E-state index in [-0.39, 0.29) is 5.78 Å². The summed E-state index contributed by atoms with van der Waals surface area (Å²) in [6.07, 6.45) is 2.48. The number of halogens is 2. The molecule has 18 heavy (non-hydrogen) atoms. The van der Waals surface area contributed by atoms with Gasteiger partial charge in [-0.3, -0.25) is 4.79 Å². The van der Waals surface area contributed by atoms with Crippen molar-refractivity contribution in [2.24, 2.45) is 0 Å². The standard InChI is InChI=1S/C13H15Cl2NO2/c1-9(12(17)7-8-16(2)3)18-13-10(14)5-4-6-11(13)15/h4-9H,1-3H3/b8-7+/t9-/m1/s1. The molecule has 0 spiro atoms. The Labute approximate surface area is 117 Å². The van der Waals surface area contributed by atoms with Crippen molar-refractivity contribution in [2.75, 3.05) is 14.1 Å². The second-order valence-electron chi connectivity index (χ2n) is 3.99. The molecule has 1 aromatic rings. The van der Waals surface area contributed by atoms with Crippen molar-refractivity contribution in [3.8, 4) is 5.75 Å². The summed E-state index contributed by atoms with van der Waals surface area (Å²) >= 11 is 11.9. The molecule has 0 saturated heterocycles. The molecular weight excluding hydrogens is 273 g/mol. The Hall–Kier alpha value is -1.19. The number of nitrogens with zero attached hydrogens (tertiary/aromatic N) is 1. The lowest BCUT2D eigenvalue weighted by molar-refractivity contribution is -0.120. The van der Waals surface area contributed by atoms with Gasteiger partial charge in [-0.1, -0.05) is 29.3 Å². The van der Waals surface area contributed by atoms with Gasteiger partial charge in [-0.05, 0) is 19.1 Å². The molecule has 0 amide bonds. The van der Waals surface area contributed by atoms with E-state index in [0.29, 0.717) is 15.8 Å². The molecule has 0 aromatic heterocycles. The average molecular weight is 288 g/mol. The Balaban J connectivity index is 2.76. The molecule has 0 fully saturated rings. The Bertz CT molecular complexity index is 438. The number of benzene rings is 1. The fourth-order valence-electron chi connectivity index (χ4n) is 1.19. The van der Waals surface area contributed by atoms with Crippen LogP contribution in [0.25, 0.3) is 0 Å². The van der Waals surface area contributed by atoms with Gasteiger partial charge in [0, 0.05) is 26.4 Å². The summed E-state index contributed by atoms with van der Waals surface area (Å²) in [4.78, 5) is 13.5. The van der Waals surface area contributed by atoms with Gasteiger partial charge >= 0.3 is 0 Å². The average Bonchev–Trinajstić information content (AvgIpc) is 2.30. The summed E-state index contributed by atoms with van der Waals surface area (Å²) in [5.41, 5.74) is 0. The summed E-state index contributed by atoms with van der Waals surface area (Å²) in [6.45, 7) is 1.65. The maximum Gasteiger partial charge on any atom is 0.197 e. The van der Waals surface area contributed by atoms with E-state index in [1.165, 1.54) is 6.08 Å². The molecule has 1 rings (SSSR count). The summed E-state index contributed by atoms with van der Waals surface area (Å²) in [6, 6.07) is 5.04. The summed E-state index contributed by atoms with van der Waals surface area (Å²) in [5.74, 6) is 0.180. The highest BCUT2D eigenvalue weighted by Gasteiger charge is 2.15. The van der Waals surface area contributed by atoms with Gasteiger partial charge in [-0.2, -0.15) is 0 Å². The largest absolute Gasteiger partial charge is 0.479 e. The molecule has 0 saturated carbocycles. The quantitative estimate of drug-likeness (QED) is 0.778. The normalized spacial score (nSPS) is 12.5. The van der Waals surface area contributed by atoms with Crippen molar-refractivity contribution in [1.29, 1.82) is 0 Å². The monoisotopic (exact) mass is 287 g/mol. The number of hydrogen-bond acceptors (Lipinski definition) is 3. The SMILES string of the molecule is C[C@@H](Oc1c(Cl)cccc1Cl)C(=O)/C=C/N(C)C. The van der Waals surface area contributed by atoms with E-state index in [1.807, 2.05) is 14.1 Å². The highest BCUT2D eigenvalue weighted by molar-refractivity contribution is 6.37. The van der Waals surface area contributed by atoms with E-state index < -0.39 is 6.10 Å². The van der Waals surface area contributed by atoms with E-state index in [4.69, 9.17) is 27.9 Å². The highest BCUT2D eigenvalue weighted by atomic mass is 35.5. The van der Waals surface area contributed by atoms with Crippen LogP contribution < -0.4 is 4.74 Å². The van der Waals surface area contributed by atoms with Crippen LogP contribution >= 0.6 is 23.2 Å². The van der Waals surface area contributed by atoms with Crippen LogP contribution in [0.4, 0.5) is 0 Å². The first kappa shape index (κ1) is 14.9. The molecule has 0 unspecified atom stereocenters. The summed E-state index contributed by atoms with van der Waals surface area (Å²) in [7, 11) is 3.67. The van der Waals surface area contributed by atoms with Crippen LogP contribution in [0.15, 0.2) is 30.5 Å². The number of ether oxygens (including phenoxy) is 1. The van der Waals surface area contributed by atoms with Crippen LogP contribution in [0.2, 0.25) is 10.0 Å². The number of ketones is 1. The minimum Gasteiger partial charge on any atom is -0.479 e. The third-order valence-corrected chi connectivity index (χ3v) is 2.75. The number of hydrogen-bond donors (Lipinski definition) is 0. The lowest BCUT2D eigenvalue weighted by Crippen LogP contribution is -2.22. The molecule has 5 heteroatoms. The molecule has 0 radical (unpaired) electrons. The molecule has 0 heterocycles. The maximum absolute atomic E-state index is 11.7. The zero-order valence-electron chi connectivity index (χ0n) is 10.5. The Kier molecular flexibility index (Phi) is 5.51. The minimum absolute atomic E-state index is 0.153. The van der Waals surface area contributed by atoms with Crippen molar-refractivity contribution >= 4 is 29.0 Å². The van der Waals surface area contributed by atoms with Gasteiger partial charge < -0.3 is 9.64 Å². The molecule has 98 valence electrons. The summed E-state index contributed by atoms with van der Waals surface area (Å²) < 4.78 is 5.49. The Morgan fingerprint density at radius 2 is 1.89 bits per heavy atom. The molecule has 0 N–H and O–H groups in total. The van der Waals surface area contributed by atoms with Crippen LogP contribution in [0.5, 0.6) is 5.75 Å². The minimum atomic E-state index is -0.640. The van der Waals surface area contributed by atoms with E-state index in [0.717, 1.165) is 0 Å². The van der Waals surface area contributed by atoms with Crippen LogP contribution in [0.1, 0.15) is 6.92 Å². The van der Waals surface area contributed by atoms with Crippen molar-refractivity contribution in [3.63, 3.8) is 0 Å². The molecule has 0 bridgehead atoms. The molecule has 1 atom stereocenters. The molecule has 0 aliphatic rings. The van der Waals surface area contributed by atoms with Crippen LogP contribution in [0.3, 0.4) is 0 Å². The van der Waals surface area contributed by atoms with E-state index in [9.17, 15) is 4.79 Å². The Morgan fingerprint density at radius 1 is 1.33 bits per heavy atom. The number of carbonyl (C=O) groups is 1. The van der Waals surface area contributed by atoms with Crippen LogP contribution in [0, 0.1) is 0 Å². The zero-order valence-corrected chi connectivity index (χ0v) is 12.0. The molecule has 0 aliphatic carbocycles. The maximum atomic E-state index is 11.7. The zero-order chi connectivity index (χ0) is 13.7. The van der Waals surface area contributed by atoms with Crippen molar-refractivity contribution in [2.45, 2.75) is 13.0 Å². The number of rotatable bonds is 5. The van der Waals surface area contributed by atoms with Crippen molar-refractivity contribution in [1.82, 2.24) is 4.90 Å². The smallest absolute Gasteiger partial charge is 0.197 e. The van der Waals surface area contributed by atoms with Gasteiger partial charge in [0.05, 0.1) is 10.0 Å². The second-order valence-corrected chi connectivity index (χ2v) is 4.81. The van der Waals surface area contributed by atoms with Crippen molar-refractivity contribution < 1.29 is 9.53 Å². The van der Waals surface area contributed by atoms with E-state index in [2.05, 4.69) is 0 Å². The predicted molar refractivity (Wildman–Crippen MR) is 74.4 cm³/mol. The highest BCUT2D eigenvalue weighted by Crippen LogP contribution is 2.33. The molecule has 1 aromatic carbocycles. The van der Waals surface area contributed by atoms with Gasteiger partial charge in [0.15, 0.2) is 17.6 Å². The molecule has 3 nitrogen and oxygen atoms in total. The van der Waals surface area contributed by atoms with Gasteiger partial charge in [-0.15, -0.1) is 0 Å². The first-order valence-electron chi connectivity index (χ1n) is 5.41. The van der Waals surface area contributed by atoms with E-state index in [1.54, 1.807) is 36.2 Å². The van der Waals surface area contributed by atoms with E-state index >= 15 is 0 Å². The fraction of sp³-hybridized carbons (Fsp3) is 0.308. The van der Waals surface area contributed by atoms with Crippen LogP contribution in [-0.2, 0) is 4.79 Å². The number of carbonyl (C=O) groups excluding carboxylic acids is 1.